The van der Waals surface area contributed by atoms with Gasteiger partial charge in [-0.15, -0.1) is 0 Å². The quantitative estimate of drug-likeness (QED) is 0.887. The van der Waals surface area contributed by atoms with Gasteiger partial charge in [0.25, 0.3) is 0 Å². The van der Waals surface area contributed by atoms with Crippen LogP contribution in [0.3, 0.4) is 0 Å². The molecule has 3 rings (SSSR count). The lowest BCUT2D eigenvalue weighted by Gasteiger charge is -2.00. The first kappa shape index (κ1) is 13.9. The van der Waals surface area contributed by atoms with E-state index in [1.807, 2.05) is 12.1 Å². The first-order chi connectivity index (χ1) is 9.54. The molecule has 1 heterocycles. The first-order valence-corrected chi connectivity index (χ1v) is 7.80. The van der Waals surface area contributed by atoms with Crippen molar-refractivity contribution in [1.82, 2.24) is 4.37 Å². The maximum absolute atomic E-state index is 11.9. The largest absolute Gasteiger partial charge is 0.316 e. The molecule has 1 aromatic heterocycles. The fraction of sp³-hybridized carbons (Fsp3) is 0.286. The SMILES string of the molecule is CC1CC1C(=O)Nc1cc(-c2ccc(Cl)c(Cl)c2)ns1. The Hall–Kier alpha value is -1.10. The van der Waals surface area contributed by atoms with Crippen molar-refractivity contribution in [2.75, 3.05) is 5.32 Å². The molecule has 0 aliphatic heterocycles. The lowest BCUT2D eigenvalue weighted by molar-refractivity contribution is -0.117. The zero-order chi connectivity index (χ0) is 14.3. The number of halogens is 2. The smallest absolute Gasteiger partial charge is 0.228 e. The second-order valence-corrected chi connectivity index (χ2v) is 6.63. The summed E-state index contributed by atoms with van der Waals surface area (Å²) in [5, 5.41) is 4.68. The normalized spacial score (nSPS) is 20.8. The molecule has 6 heteroatoms. The van der Waals surface area contributed by atoms with E-state index in [1.54, 1.807) is 12.1 Å². The van der Waals surface area contributed by atoms with E-state index in [1.165, 1.54) is 11.5 Å². The van der Waals surface area contributed by atoms with Crippen LogP contribution in [0.4, 0.5) is 5.00 Å². The zero-order valence-electron chi connectivity index (χ0n) is 10.7. The summed E-state index contributed by atoms with van der Waals surface area (Å²) in [5.41, 5.74) is 1.67. The van der Waals surface area contributed by atoms with E-state index in [0.29, 0.717) is 16.0 Å². The van der Waals surface area contributed by atoms with Crippen LogP contribution in [0.1, 0.15) is 13.3 Å². The summed E-state index contributed by atoms with van der Waals surface area (Å²) in [6.07, 6.45) is 0.976. The third kappa shape index (κ3) is 2.82. The number of hydrogen-bond donors (Lipinski definition) is 1. The topological polar surface area (TPSA) is 42.0 Å². The van der Waals surface area contributed by atoms with Crippen molar-refractivity contribution >= 4 is 45.6 Å². The summed E-state index contributed by atoms with van der Waals surface area (Å²) in [4.78, 5) is 11.9. The minimum Gasteiger partial charge on any atom is -0.316 e. The van der Waals surface area contributed by atoms with Crippen molar-refractivity contribution in [3.63, 3.8) is 0 Å². The Labute approximate surface area is 131 Å². The molecular formula is C14H12Cl2N2OS. The molecule has 2 unspecified atom stereocenters. The van der Waals surface area contributed by atoms with Crippen molar-refractivity contribution in [2.45, 2.75) is 13.3 Å². The highest BCUT2D eigenvalue weighted by Crippen LogP contribution is 2.39. The van der Waals surface area contributed by atoms with Crippen molar-refractivity contribution in [3.8, 4) is 11.3 Å². The molecule has 0 saturated heterocycles. The van der Waals surface area contributed by atoms with Gasteiger partial charge < -0.3 is 5.32 Å². The predicted molar refractivity (Wildman–Crippen MR) is 83.5 cm³/mol. The summed E-state index contributed by atoms with van der Waals surface area (Å²) in [6.45, 7) is 2.08. The van der Waals surface area contributed by atoms with Gasteiger partial charge in [-0.2, -0.15) is 4.37 Å². The number of carbonyl (C=O) groups excluding carboxylic acids is 1. The van der Waals surface area contributed by atoms with Crippen LogP contribution in [0.15, 0.2) is 24.3 Å². The van der Waals surface area contributed by atoms with Crippen LogP contribution < -0.4 is 5.32 Å². The van der Waals surface area contributed by atoms with E-state index in [9.17, 15) is 4.79 Å². The Bertz CT molecular complexity index is 671. The van der Waals surface area contributed by atoms with Crippen LogP contribution in [-0.4, -0.2) is 10.3 Å². The van der Waals surface area contributed by atoms with Gasteiger partial charge in [-0.3, -0.25) is 4.79 Å². The standard InChI is InChI=1S/C14H12Cl2N2OS/c1-7-4-9(7)14(19)17-13-6-12(18-20-13)8-2-3-10(15)11(16)5-8/h2-3,5-7,9H,4H2,1H3,(H,17,19). The Morgan fingerprint density at radius 2 is 2.10 bits per heavy atom. The Kier molecular flexibility index (Phi) is 3.71. The van der Waals surface area contributed by atoms with Gasteiger partial charge in [-0.1, -0.05) is 36.2 Å². The van der Waals surface area contributed by atoms with Crippen LogP contribution in [0.25, 0.3) is 11.3 Å². The van der Waals surface area contributed by atoms with Gasteiger partial charge in [0.1, 0.15) is 5.00 Å². The highest BCUT2D eigenvalue weighted by molar-refractivity contribution is 7.10. The lowest BCUT2D eigenvalue weighted by Crippen LogP contribution is -2.13. The van der Waals surface area contributed by atoms with Crippen LogP contribution in [0, 0.1) is 11.8 Å². The second-order valence-electron chi connectivity index (χ2n) is 5.01. The van der Waals surface area contributed by atoms with Gasteiger partial charge in [0.15, 0.2) is 0 Å². The fourth-order valence-electron chi connectivity index (χ4n) is 2.03. The maximum atomic E-state index is 11.9. The first-order valence-electron chi connectivity index (χ1n) is 6.27. The molecule has 1 aliphatic rings. The van der Waals surface area contributed by atoms with Gasteiger partial charge in [0, 0.05) is 17.5 Å². The van der Waals surface area contributed by atoms with E-state index in [-0.39, 0.29) is 11.8 Å². The third-order valence-electron chi connectivity index (χ3n) is 3.42. The summed E-state index contributed by atoms with van der Waals surface area (Å²) in [7, 11) is 0. The molecule has 2 atom stereocenters. The van der Waals surface area contributed by atoms with Crippen LogP contribution in [0.2, 0.25) is 10.0 Å². The highest BCUT2D eigenvalue weighted by atomic mass is 35.5. The minimum atomic E-state index is 0.0850. The summed E-state index contributed by atoms with van der Waals surface area (Å²) < 4.78 is 4.33. The van der Waals surface area contributed by atoms with Gasteiger partial charge in [0.05, 0.1) is 15.7 Å². The minimum absolute atomic E-state index is 0.0850. The summed E-state index contributed by atoms with van der Waals surface area (Å²) in [5.74, 6) is 0.741. The van der Waals surface area contributed by atoms with Crippen LogP contribution >= 0.6 is 34.7 Å². The fourth-order valence-corrected chi connectivity index (χ4v) is 2.99. The number of aromatic nitrogens is 1. The Morgan fingerprint density at radius 1 is 1.35 bits per heavy atom. The molecule has 1 fully saturated rings. The van der Waals surface area contributed by atoms with E-state index in [2.05, 4.69) is 16.6 Å². The average molecular weight is 327 g/mol. The monoisotopic (exact) mass is 326 g/mol. The number of benzene rings is 1. The number of nitrogens with one attached hydrogen (secondary N) is 1. The molecule has 0 bridgehead atoms. The number of carbonyl (C=O) groups is 1. The van der Waals surface area contributed by atoms with Crippen LogP contribution in [-0.2, 0) is 4.79 Å². The molecule has 1 amide bonds. The molecule has 1 aliphatic carbocycles. The van der Waals surface area contributed by atoms with Crippen molar-refractivity contribution in [3.05, 3.63) is 34.3 Å². The third-order valence-corrected chi connectivity index (χ3v) is 4.86. The zero-order valence-corrected chi connectivity index (χ0v) is 13.0. The predicted octanol–water partition coefficient (Wildman–Crippen LogP) is 4.71. The van der Waals surface area contributed by atoms with Crippen molar-refractivity contribution < 1.29 is 4.79 Å². The van der Waals surface area contributed by atoms with Gasteiger partial charge >= 0.3 is 0 Å². The maximum Gasteiger partial charge on any atom is 0.228 e. The number of amides is 1. The number of hydrogen-bond acceptors (Lipinski definition) is 3. The number of anilines is 1. The van der Waals surface area contributed by atoms with Gasteiger partial charge in [-0.05, 0) is 36.0 Å². The Morgan fingerprint density at radius 3 is 2.75 bits per heavy atom. The molecule has 1 N–H and O–H groups in total. The second kappa shape index (κ2) is 5.35. The van der Waals surface area contributed by atoms with Crippen LogP contribution in [0.5, 0.6) is 0 Å². The molecule has 104 valence electrons. The molecule has 20 heavy (non-hydrogen) atoms. The average Bonchev–Trinajstić information content (AvgIpc) is 2.97. The molecule has 0 spiro atoms. The molecule has 0 radical (unpaired) electrons. The highest BCUT2D eigenvalue weighted by Gasteiger charge is 2.39. The molecule has 1 aromatic carbocycles. The molecule has 1 saturated carbocycles. The number of rotatable bonds is 3. The van der Waals surface area contributed by atoms with Crippen molar-refractivity contribution in [2.24, 2.45) is 11.8 Å². The molecule has 2 aromatic rings. The van der Waals surface area contributed by atoms with E-state index < -0.39 is 0 Å². The van der Waals surface area contributed by atoms with Gasteiger partial charge in [0.2, 0.25) is 5.91 Å². The lowest BCUT2D eigenvalue weighted by atomic mass is 10.1. The molecular weight excluding hydrogens is 315 g/mol. The summed E-state index contributed by atoms with van der Waals surface area (Å²) >= 11 is 13.2. The van der Waals surface area contributed by atoms with E-state index in [0.717, 1.165) is 22.7 Å². The molecule has 3 nitrogen and oxygen atoms in total. The summed E-state index contributed by atoms with van der Waals surface area (Å²) in [6, 6.07) is 7.23. The van der Waals surface area contributed by atoms with Gasteiger partial charge in [-0.25, -0.2) is 0 Å². The van der Waals surface area contributed by atoms with Crippen molar-refractivity contribution in [1.29, 1.82) is 0 Å². The van der Waals surface area contributed by atoms with E-state index in [4.69, 9.17) is 23.2 Å². The Balaban J connectivity index is 1.76. The number of nitrogens with zero attached hydrogens (tertiary/aromatic N) is 1. The van der Waals surface area contributed by atoms with E-state index >= 15 is 0 Å².